The normalized spacial score (nSPS) is 18.0. The number of rotatable bonds is 3. The third kappa shape index (κ3) is 2.91. The number of nitrogens with zero attached hydrogens (tertiary/aromatic N) is 2. The molecule has 4 rings (SSSR count). The molecule has 0 spiro atoms. The van der Waals surface area contributed by atoms with E-state index in [-0.39, 0.29) is 5.91 Å². The van der Waals surface area contributed by atoms with Crippen molar-refractivity contribution < 1.29 is 17.9 Å². The van der Waals surface area contributed by atoms with Gasteiger partial charge in [0, 0.05) is 45.0 Å². The Morgan fingerprint density at radius 1 is 1.12 bits per heavy atom. The maximum absolute atomic E-state index is 12.9. The Kier molecular flexibility index (Phi) is 4.01. The molecule has 7 nitrogen and oxygen atoms in total. The van der Waals surface area contributed by atoms with Crippen molar-refractivity contribution in [1.82, 2.24) is 14.2 Å². The average Bonchev–Trinajstić information content (AvgIpc) is 3.32. The summed E-state index contributed by atoms with van der Waals surface area (Å²) in [5.74, 6) is 0.689. The molecule has 25 heavy (non-hydrogen) atoms. The van der Waals surface area contributed by atoms with Crippen LogP contribution in [0, 0.1) is 0 Å². The van der Waals surface area contributed by atoms with Gasteiger partial charge in [0.05, 0.1) is 17.1 Å². The maximum atomic E-state index is 12.9. The number of sulfonamides is 1. The first kappa shape index (κ1) is 16.2. The van der Waals surface area contributed by atoms with Gasteiger partial charge >= 0.3 is 0 Å². The second-order valence-corrected chi connectivity index (χ2v) is 8.10. The van der Waals surface area contributed by atoms with E-state index in [1.165, 1.54) is 4.31 Å². The molecule has 0 bridgehead atoms. The Morgan fingerprint density at radius 3 is 2.64 bits per heavy atom. The smallest absolute Gasteiger partial charge is 0.255 e. The van der Waals surface area contributed by atoms with Crippen molar-refractivity contribution >= 4 is 15.9 Å². The molecule has 0 radical (unpaired) electrons. The number of carbonyl (C=O) groups excluding carboxylic acids is 1. The zero-order valence-electron chi connectivity index (χ0n) is 13.6. The molecule has 132 valence electrons. The van der Waals surface area contributed by atoms with Crippen molar-refractivity contribution in [2.45, 2.75) is 11.3 Å². The fourth-order valence-electron chi connectivity index (χ4n) is 3.24. The van der Waals surface area contributed by atoms with Crippen molar-refractivity contribution in [1.29, 1.82) is 0 Å². The van der Waals surface area contributed by atoms with E-state index in [0.717, 1.165) is 17.7 Å². The molecule has 2 aliphatic heterocycles. The van der Waals surface area contributed by atoms with Gasteiger partial charge in [-0.25, -0.2) is 8.42 Å². The molecule has 0 aliphatic carbocycles. The first-order valence-electron chi connectivity index (χ1n) is 8.24. The van der Waals surface area contributed by atoms with Crippen LogP contribution in [0.3, 0.4) is 0 Å². The van der Waals surface area contributed by atoms with Crippen molar-refractivity contribution in [3.05, 3.63) is 47.8 Å². The summed E-state index contributed by atoms with van der Waals surface area (Å²) in [6.07, 6.45) is 4.08. The summed E-state index contributed by atoms with van der Waals surface area (Å²) < 4.78 is 32.6. The van der Waals surface area contributed by atoms with Gasteiger partial charge in [0.15, 0.2) is 0 Å². The number of nitrogens with one attached hydrogen (secondary N) is 1. The molecule has 1 amide bonds. The van der Waals surface area contributed by atoms with E-state index < -0.39 is 10.0 Å². The Morgan fingerprint density at radius 2 is 1.92 bits per heavy atom. The molecule has 2 aromatic rings. The SMILES string of the molecule is O=C(c1cc[nH]c1)N1CCN(S(=O)(=O)c2ccc3c(c2)CCO3)CC1. The van der Waals surface area contributed by atoms with Crippen LogP contribution < -0.4 is 4.74 Å². The average molecular weight is 361 g/mol. The van der Waals surface area contributed by atoms with E-state index in [1.54, 1.807) is 41.6 Å². The number of ether oxygens (including phenoxy) is 1. The molecule has 1 fully saturated rings. The third-order valence-electron chi connectivity index (χ3n) is 4.67. The lowest BCUT2D eigenvalue weighted by Crippen LogP contribution is -2.50. The molecule has 0 unspecified atom stereocenters. The van der Waals surface area contributed by atoms with E-state index in [4.69, 9.17) is 4.74 Å². The van der Waals surface area contributed by atoms with E-state index >= 15 is 0 Å². The number of fused-ring (bicyclic) bond motifs is 1. The Balaban J connectivity index is 1.47. The van der Waals surface area contributed by atoms with E-state index in [9.17, 15) is 13.2 Å². The molecule has 0 atom stereocenters. The van der Waals surface area contributed by atoms with Crippen LogP contribution >= 0.6 is 0 Å². The van der Waals surface area contributed by atoms with Crippen molar-refractivity contribution in [3.8, 4) is 5.75 Å². The lowest BCUT2D eigenvalue weighted by Gasteiger charge is -2.34. The number of hydrogen-bond donors (Lipinski definition) is 1. The van der Waals surface area contributed by atoms with Crippen LogP contribution in [0.4, 0.5) is 0 Å². The zero-order valence-corrected chi connectivity index (χ0v) is 14.5. The van der Waals surface area contributed by atoms with Crippen LogP contribution in [0.1, 0.15) is 15.9 Å². The zero-order chi connectivity index (χ0) is 17.4. The van der Waals surface area contributed by atoms with Crippen LogP contribution in [0.15, 0.2) is 41.6 Å². The number of benzene rings is 1. The highest BCUT2D eigenvalue weighted by Crippen LogP contribution is 2.29. The number of H-pyrrole nitrogens is 1. The minimum atomic E-state index is -3.55. The lowest BCUT2D eigenvalue weighted by atomic mass is 10.2. The van der Waals surface area contributed by atoms with Crippen LogP contribution in [-0.2, 0) is 16.4 Å². The largest absolute Gasteiger partial charge is 0.493 e. The predicted octanol–water partition coefficient (Wildman–Crippen LogP) is 1.10. The molecule has 2 aliphatic rings. The summed E-state index contributed by atoms with van der Waals surface area (Å²) in [5.41, 5.74) is 1.53. The van der Waals surface area contributed by atoms with Crippen molar-refractivity contribution in [2.75, 3.05) is 32.8 Å². The van der Waals surface area contributed by atoms with Crippen LogP contribution in [0.25, 0.3) is 0 Å². The van der Waals surface area contributed by atoms with Gasteiger partial charge in [0.2, 0.25) is 10.0 Å². The summed E-state index contributed by atoms with van der Waals surface area (Å²) in [4.78, 5) is 17.2. The Hall–Kier alpha value is -2.32. The van der Waals surface area contributed by atoms with Gasteiger partial charge in [0.25, 0.3) is 5.91 Å². The first-order chi connectivity index (χ1) is 12.1. The van der Waals surface area contributed by atoms with Gasteiger partial charge in [-0.1, -0.05) is 0 Å². The minimum Gasteiger partial charge on any atom is -0.493 e. The van der Waals surface area contributed by atoms with E-state index in [2.05, 4.69) is 4.98 Å². The second-order valence-electron chi connectivity index (χ2n) is 6.16. The first-order valence-corrected chi connectivity index (χ1v) is 9.68. The number of aromatic amines is 1. The number of hydrogen-bond acceptors (Lipinski definition) is 4. The second kappa shape index (κ2) is 6.20. The number of aromatic nitrogens is 1. The van der Waals surface area contributed by atoms with Gasteiger partial charge in [-0.2, -0.15) is 4.31 Å². The fourth-order valence-corrected chi connectivity index (χ4v) is 4.72. The molecule has 1 saturated heterocycles. The minimum absolute atomic E-state index is 0.0759. The molecular weight excluding hydrogens is 342 g/mol. The molecular formula is C17H19N3O4S. The molecule has 1 aromatic carbocycles. The highest BCUT2D eigenvalue weighted by molar-refractivity contribution is 7.89. The van der Waals surface area contributed by atoms with Crippen LogP contribution in [0.2, 0.25) is 0 Å². The summed E-state index contributed by atoms with van der Waals surface area (Å²) in [6, 6.07) is 6.74. The topological polar surface area (TPSA) is 82.7 Å². The quantitative estimate of drug-likeness (QED) is 0.887. The molecule has 1 N–H and O–H groups in total. The Bertz CT molecular complexity index is 885. The molecule has 8 heteroatoms. The molecule has 1 aromatic heterocycles. The third-order valence-corrected chi connectivity index (χ3v) is 6.56. The van der Waals surface area contributed by atoms with Crippen molar-refractivity contribution in [2.24, 2.45) is 0 Å². The number of carbonyl (C=O) groups is 1. The lowest BCUT2D eigenvalue weighted by molar-refractivity contribution is 0.0698. The number of piperazine rings is 1. The Labute approximate surface area is 146 Å². The van der Waals surface area contributed by atoms with Gasteiger partial charge < -0.3 is 14.6 Å². The van der Waals surface area contributed by atoms with Gasteiger partial charge in [-0.05, 0) is 29.8 Å². The van der Waals surface area contributed by atoms with E-state index in [0.29, 0.717) is 43.2 Å². The predicted molar refractivity (Wildman–Crippen MR) is 91.1 cm³/mol. The van der Waals surface area contributed by atoms with Crippen LogP contribution in [-0.4, -0.2) is 61.3 Å². The van der Waals surface area contributed by atoms with Crippen LogP contribution in [0.5, 0.6) is 5.75 Å². The van der Waals surface area contributed by atoms with Crippen molar-refractivity contribution in [3.63, 3.8) is 0 Å². The maximum Gasteiger partial charge on any atom is 0.255 e. The summed E-state index contributed by atoms with van der Waals surface area (Å²) >= 11 is 0. The van der Waals surface area contributed by atoms with Gasteiger partial charge in [-0.15, -0.1) is 0 Å². The van der Waals surface area contributed by atoms with Gasteiger partial charge in [0.1, 0.15) is 5.75 Å². The standard InChI is InChI=1S/C17H19N3O4S/c21-17(14-3-5-18-12-14)19-6-8-20(9-7-19)25(22,23)15-1-2-16-13(11-15)4-10-24-16/h1-3,5,11-12,18H,4,6-10H2. The number of amides is 1. The summed E-state index contributed by atoms with van der Waals surface area (Å²) in [7, 11) is -3.55. The van der Waals surface area contributed by atoms with E-state index in [1.807, 2.05) is 0 Å². The van der Waals surface area contributed by atoms with Gasteiger partial charge in [-0.3, -0.25) is 4.79 Å². The summed E-state index contributed by atoms with van der Waals surface area (Å²) in [6.45, 7) is 1.96. The highest BCUT2D eigenvalue weighted by atomic mass is 32.2. The molecule has 0 saturated carbocycles. The molecule has 3 heterocycles. The monoisotopic (exact) mass is 361 g/mol. The summed E-state index contributed by atoms with van der Waals surface area (Å²) in [5, 5.41) is 0. The fraction of sp³-hybridized carbons (Fsp3) is 0.353. The highest BCUT2D eigenvalue weighted by Gasteiger charge is 2.31.